The lowest BCUT2D eigenvalue weighted by molar-refractivity contribution is -0.117. The highest BCUT2D eigenvalue weighted by molar-refractivity contribution is 7.22. The van der Waals surface area contributed by atoms with Crippen molar-refractivity contribution in [3.8, 4) is 0 Å². The van der Waals surface area contributed by atoms with Crippen molar-refractivity contribution in [1.29, 1.82) is 0 Å². The largest absolute Gasteiger partial charge is 0.346 e. The summed E-state index contributed by atoms with van der Waals surface area (Å²) in [4.78, 5) is 25.2. The number of thiazole rings is 2. The molecule has 1 aliphatic heterocycles. The SMILES string of the molecule is O=C(CN1CCN(c2nccs2)CC1)Nc1nc2ccc(F)cc2s1. The highest BCUT2D eigenvalue weighted by Gasteiger charge is 2.20. The first-order chi connectivity index (χ1) is 12.2. The van der Waals surface area contributed by atoms with Crippen LogP contribution in [-0.4, -0.2) is 53.5 Å². The molecule has 0 saturated carbocycles. The monoisotopic (exact) mass is 377 g/mol. The van der Waals surface area contributed by atoms with Crippen molar-refractivity contribution in [2.75, 3.05) is 42.9 Å². The van der Waals surface area contributed by atoms with Gasteiger partial charge in [-0.05, 0) is 18.2 Å². The Labute approximate surface area is 151 Å². The Bertz CT molecular complexity index is 874. The van der Waals surface area contributed by atoms with Gasteiger partial charge in [-0.1, -0.05) is 11.3 Å². The number of hydrogen-bond acceptors (Lipinski definition) is 7. The summed E-state index contributed by atoms with van der Waals surface area (Å²) < 4.78 is 14.0. The van der Waals surface area contributed by atoms with Gasteiger partial charge in [-0.2, -0.15) is 0 Å². The Morgan fingerprint density at radius 3 is 2.88 bits per heavy atom. The summed E-state index contributed by atoms with van der Waals surface area (Å²) in [6, 6.07) is 4.42. The van der Waals surface area contributed by atoms with Crippen LogP contribution in [0.2, 0.25) is 0 Å². The summed E-state index contributed by atoms with van der Waals surface area (Å²) in [5.41, 5.74) is 0.693. The standard InChI is InChI=1S/C16H16FN5OS2/c17-11-1-2-12-13(9-11)25-15(19-12)20-14(23)10-21-4-6-22(7-5-21)16-18-3-8-24-16/h1-3,8-9H,4-7,10H2,(H,19,20,23). The number of anilines is 2. The maximum atomic E-state index is 13.2. The second kappa shape index (κ2) is 7.03. The van der Waals surface area contributed by atoms with Gasteiger partial charge in [0.15, 0.2) is 10.3 Å². The molecular formula is C16H16FN5OS2. The summed E-state index contributed by atoms with van der Waals surface area (Å²) in [5.74, 6) is -0.394. The quantitative estimate of drug-likeness (QED) is 0.757. The van der Waals surface area contributed by atoms with Crippen LogP contribution in [0.5, 0.6) is 0 Å². The lowest BCUT2D eigenvalue weighted by Crippen LogP contribution is -2.48. The Morgan fingerprint density at radius 1 is 1.28 bits per heavy atom. The maximum Gasteiger partial charge on any atom is 0.240 e. The fourth-order valence-corrected chi connectivity index (χ4v) is 4.39. The van der Waals surface area contributed by atoms with E-state index in [1.165, 1.54) is 23.5 Å². The molecule has 25 heavy (non-hydrogen) atoms. The fourth-order valence-electron chi connectivity index (χ4n) is 2.78. The minimum absolute atomic E-state index is 0.0952. The predicted molar refractivity (Wildman–Crippen MR) is 99.0 cm³/mol. The second-order valence-corrected chi connectivity index (χ2v) is 7.66. The van der Waals surface area contributed by atoms with Crippen molar-refractivity contribution < 1.29 is 9.18 Å². The van der Waals surface area contributed by atoms with Crippen LogP contribution in [0.4, 0.5) is 14.7 Å². The van der Waals surface area contributed by atoms with Crippen molar-refractivity contribution in [3.05, 3.63) is 35.6 Å². The van der Waals surface area contributed by atoms with E-state index in [2.05, 4.69) is 25.1 Å². The molecule has 0 atom stereocenters. The van der Waals surface area contributed by atoms with Crippen LogP contribution in [0.25, 0.3) is 10.2 Å². The third-order valence-corrected chi connectivity index (χ3v) is 5.79. The molecule has 1 aliphatic rings. The van der Waals surface area contributed by atoms with Crippen molar-refractivity contribution in [2.45, 2.75) is 0 Å². The topological polar surface area (TPSA) is 61.4 Å². The first-order valence-electron chi connectivity index (χ1n) is 7.90. The molecular weight excluding hydrogens is 361 g/mol. The minimum atomic E-state index is -0.299. The second-order valence-electron chi connectivity index (χ2n) is 5.76. The number of rotatable bonds is 4. The molecule has 6 nitrogen and oxygen atoms in total. The smallest absolute Gasteiger partial charge is 0.240 e. The van der Waals surface area contributed by atoms with E-state index < -0.39 is 0 Å². The van der Waals surface area contributed by atoms with Gasteiger partial charge in [0.2, 0.25) is 5.91 Å². The number of hydrogen-bond donors (Lipinski definition) is 1. The maximum absolute atomic E-state index is 13.2. The van der Waals surface area contributed by atoms with Gasteiger partial charge in [-0.3, -0.25) is 9.69 Å². The fraction of sp³-hybridized carbons (Fsp3) is 0.312. The van der Waals surface area contributed by atoms with Gasteiger partial charge >= 0.3 is 0 Å². The number of nitrogens with zero attached hydrogens (tertiary/aromatic N) is 4. The number of carbonyl (C=O) groups excluding carboxylic acids is 1. The zero-order valence-electron chi connectivity index (χ0n) is 13.3. The number of piperazine rings is 1. The van der Waals surface area contributed by atoms with E-state index in [0.717, 1.165) is 36.0 Å². The predicted octanol–water partition coefficient (Wildman–Crippen LogP) is 2.65. The number of halogens is 1. The summed E-state index contributed by atoms with van der Waals surface area (Å²) in [5, 5.41) is 6.33. The first-order valence-corrected chi connectivity index (χ1v) is 9.60. The zero-order chi connectivity index (χ0) is 17.2. The minimum Gasteiger partial charge on any atom is -0.346 e. The number of nitrogens with one attached hydrogen (secondary N) is 1. The molecule has 1 saturated heterocycles. The van der Waals surface area contributed by atoms with Crippen LogP contribution in [0.3, 0.4) is 0 Å². The van der Waals surface area contributed by atoms with E-state index in [0.29, 0.717) is 17.2 Å². The summed E-state index contributed by atoms with van der Waals surface area (Å²) in [6.07, 6.45) is 1.81. The molecule has 3 aromatic rings. The Balaban J connectivity index is 1.31. The van der Waals surface area contributed by atoms with Crippen LogP contribution in [0, 0.1) is 5.82 Å². The Kier molecular flexibility index (Phi) is 4.60. The first kappa shape index (κ1) is 16.4. The van der Waals surface area contributed by atoms with E-state index in [-0.39, 0.29) is 11.7 Å². The van der Waals surface area contributed by atoms with Crippen molar-refractivity contribution in [1.82, 2.24) is 14.9 Å². The number of fused-ring (bicyclic) bond motifs is 1. The lowest BCUT2D eigenvalue weighted by atomic mass is 10.3. The van der Waals surface area contributed by atoms with Crippen LogP contribution < -0.4 is 10.2 Å². The van der Waals surface area contributed by atoms with Gasteiger partial charge < -0.3 is 10.2 Å². The van der Waals surface area contributed by atoms with Gasteiger partial charge in [0, 0.05) is 37.8 Å². The molecule has 1 fully saturated rings. The van der Waals surface area contributed by atoms with E-state index in [1.807, 2.05) is 11.6 Å². The number of benzene rings is 1. The average molecular weight is 377 g/mol. The summed E-state index contributed by atoms with van der Waals surface area (Å²) >= 11 is 2.92. The average Bonchev–Trinajstić information content (AvgIpc) is 3.24. The van der Waals surface area contributed by atoms with Gasteiger partial charge in [-0.25, -0.2) is 14.4 Å². The van der Waals surface area contributed by atoms with E-state index in [1.54, 1.807) is 17.4 Å². The molecule has 4 rings (SSSR count). The molecule has 2 aromatic heterocycles. The normalized spacial score (nSPS) is 15.6. The van der Waals surface area contributed by atoms with Crippen LogP contribution in [0.1, 0.15) is 0 Å². The zero-order valence-corrected chi connectivity index (χ0v) is 14.9. The van der Waals surface area contributed by atoms with Gasteiger partial charge in [0.1, 0.15) is 5.82 Å². The summed E-state index contributed by atoms with van der Waals surface area (Å²) in [6.45, 7) is 3.69. The van der Waals surface area contributed by atoms with Crippen molar-refractivity contribution >= 4 is 49.1 Å². The summed E-state index contributed by atoms with van der Waals surface area (Å²) in [7, 11) is 0. The van der Waals surface area contributed by atoms with Crippen molar-refractivity contribution in [2.24, 2.45) is 0 Å². The number of amides is 1. The molecule has 130 valence electrons. The van der Waals surface area contributed by atoms with Crippen LogP contribution >= 0.6 is 22.7 Å². The molecule has 0 aliphatic carbocycles. The van der Waals surface area contributed by atoms with Gasteiger partial charge in [0.25, 0.3) is 0 Å². The van der Waals surface area contributed by atoms with Crippen molar-refractivity contribution in [3.63, 3.8) is 0 Å². The van der Waals surface area contributed by atoms with E-state index in [4.69, 9.17) is 0 Å². The van der Waals surface area contributed by atoms with E-state index in [9.17, 15) is 9.18 Å². The molecule has 1 N–H and O–H groups in total. The van der Waals surface area contributed by atoms with Gasteiger partial charge in [0.05, 0.1) is 16.8 Å². The molecule has 0 unspecified atom stereocenters. The molecule has 3 heterocycles. The molecule has 9 heteroatoms. The number of carbonyl (C=O) groups is 1. The highest BCUT2D eigenvalue weighted by atomic mass is 32.1. The third-order valence-electron chi connectivity index (χ3n) is 4.03. The van der Waals surface area contributed by atoms with Crippen LogP contribution in [-0.2, 0) is 4.79 Å². The molecule has 1 aromatic carbocycles. The highest BCUT2D eigenvalue weighted by Crippen LogP contribution is 2.26. The molecule has 0 spiro atoms. The molecule has 0 radical (unpaired) electrons. The van der Waals surface area contributed by atoms with Gasteiger partial charge in [-0.15, -0.1) is 11.3 Å². The van der Waals surface area contributed by atoms with E-state index >= 15 is 0 Å². The number of aromatic nitrogens is 2. The molecule has 0 bridgehead atoms. The Morgan fingerprint density at radius 2 is 2.12 bits per heavy atom. The Hall–Kier alpha value is -2.10. The van der Waals surface area contributed by atoms with Crippen LogP contribution in [0.15, 0.2) is 29.8 Å². The lowest BCUT2D eigenvalue weighted by Gasteiger charge is -2.33. The molecule has 1 amide bonds. The third kappa shape index (κ3) is 3.78.